The van der Waals surface area contributed by atoms with E-state index in [0.717, 1.165) is 31.5 Å². The Morgan fingerprint density at radius 3 is 2.35 bits per heavy atom. The van der Waals surface area contributed by atoms with Crippen LogP contribution in [-0.4, -0.2) is 67.9 Å². The highest BCUT2D eigenvalue weighted by atomic mass is 19.4. The van der Waals surface area contributed by atoms with Crippen LogP contribution in [0.15, 0.2) is 18.2 Å². The fraction of sp³-hybridized carbons (Fsp3) is 0.609. The van der Waals surface area contributed by atoms with E-state index in [4.69, 9.17) is 9.90 Å². The summed E-state index contributed by atoms with van der Waals surface area (Å²) in [6.07, 6.45) is -2.29. The lowest BCUT2D eigenvalue weighted by molar-refractivity contribution is -0.426. The first-order chi connectivity index (χ1) is 17.3. The van der Waals surface area contributed by atoms with Crippen LogP contribution in [0, 0.1) is 17.7 Å². The van der Waals surface area contributed by atoms with Crippen molar-refractivity contribution in [1.29, 1.82) is 0 Å². The summed E-state index contributed by atoms with van der Waals surface area (Å²) < 4.78 is 46.4. The number of quaternary nitrogens is 1. The molecule has 0 amide bonds. The van der Waals surface area contributed by atoms with Gasteiger partial charge in [0.25, 0.3) is 0 Å². The molecule has 0 radical (unpaired) electrons. The van der Waals surface area contributed by atoms with Gasteiger partial charge >= 0.3 is 12.1 Å². The van der Waals surface area contributed by atoms with Gasteiger partial charge in [0.15, 0.2) is 5.82 Å². The van der Waals surface area contributed by atoms with Crippen molar-refractivity contribution >= 4 is 11.9 Å². The molecule has 1 aliphatic heterocycles. The highest BCUT2D eigenvalue weighted by Crippen LogP contribution is 2.31. The Morgan fingerprint density at radius 2 is 1.89 bits per heavy atom. The van der Waals surface area contributed by atoms with Crippen LogP contribution in [0.2, 0.25) is 0 Å². The van der Waals surface area contributed by atoms with Crippen LogP contribution in [0.3, 0.4) is 0 Å². The van der Waals surface area contributed by atoms with Gasteiger partial charge in [0.1, 0.15) is 11.8 Å². The molecule has 1 fully saturated rings. The maximum atomic E-state index is 14.8. The highest BCUT2D eigenvalue weighted by molar-refractivity contribution is 5.71. The third-order valence-electron chi connectivity index (χ3n) is 6.13. The molecule has 1 aromatic heterocycles. The molecule has 0 saturated carbocycles. The lowest BCUT2D eigenvalue weighted by Gasteiger charge is -2.28. The minimum absolute atomic E-state index is 0.196. The third-order valence-corrected chi connectivity index (χ3v) is 6.13. The van der Waals surface area contributed by atoms with Crippen LogP contribution in [-0.2, 0) is 22.6 Å². The van der Waals surface area contributed by atoms with Crippen LogP contribution >= 0.6 is 0 Å². The number of piperidine rings is 1. The Morgan fingerprint density at radius 1 is 1.27 bits per heavy atom. The van der Waals surface area contributed by atoms with Crippen LogP contribution in [0.25, 0.3) is 0 Å². The summed E-state index contributed by atoms with van der Waals surface area (Å²) in [5.41, 5.74) is 5.50. The topological polar surface area (TPSA) is 163 Å². The van der Waals surface area contributed by atoms with Crippen LogP contribution in [0.5, 0.6) is 0 Å². The number of halogens is 4. The molecule has 3 rings (SSSR count). The van der Waals surface area contributed by atoms with Crippen molar-refractivity contribution in [2.75, 3.05) is 13.1 Å². The first-order valence-electron chi connectivity index (χ1n) is 11.8. The SMILES string of the molecule is CC(C)C[C@H](C(=O)O)[C@H](Cc1ccc(CN2CCC([NH3+])CC2)c(F)c1)c1nn[nH]n1.O=C([O-])C(F)(F)F. The number of tetrazole rings is 1. The fourth-order valence-corrected chi connectivity index (χ4v) is 4.17. The Balaban J connectivity index is 0.000000604. The van der Waals surface area contributed by atoms with E-state index >= 15 is 0 Å². The molecule has 0 aliphatic carbocycles. The number of hydrogen-bond donors (Lipinski definition) is 3. The Hall–Kier alpha value is -3.13. The lowest BCUT2D eigenvalue weighted by atomic mass is 9.81. The highest BCUT2D eigenvalue weighted by Gasteiger charge is 2.33. The first-order valence-corrected chi connectivity index (χ1v) is 11.8. The number of nitrogens with one attached hydrogen (secondary N) is 1. The van der Waals surface area contributed by atoms with E-state index in [1.807, 2.05) is 26.0 Å². The average molecular weight is 533 g/mol. The predicted molar refractivity (Wildman–Crippen MR) is 120 cm³/mol. The summed E-state index contributed by atoms with van der Waals surface area (Å²) in [5.74, 6) is -4.77. The molecule has 2 aromatic rings. The van der Waals surface area contributed by atoms with E-state index in [1.54, 1.807) is 0 Å². The van der Waals surface area contributed by atoms with Gasteiger partial charge in [0.05, 0.1) is 12.0 Å². The molecule has 14 heteroatoms. The van der Waals surface area contributed by atoms with Crippen molar-refractivity contribution in [3.8, 4) is 0 Å². The number of H-pyrrole nitrogens is 1. The van der Waals surface area contributed by atoms with Crippen molar-refractivity contribution in [2.24, 2.45) is 11.8 Å². The second kappa shape index (κ2) is 13.4. The van der Waals surface area contributed by atoms with E-state index in [-0.39, 0.29) is 11.7 Å². The van der Waals surface area contributed by atoms with Gasteiger partial charge in [-0.1, -0.05) is 31.2 Å². The minimum Gasteiger partial charge on any atom is -0.542 e. The average Bonchev–Trinajstić information content (AvgIpc) is 3.33. The number of likely N-dealkylation sites (tertiary alicyclic amines) is 1. The second-order valence-electron chi connectivity index (χ2n) is 9.59. The van der Waals surface area contributed by atoms with Gasteiger partial charge in [-0.25, -0.2) is 4.39 Å². The van der Waals surface area contributed by atoms with Gasteiger partial charge < -0.3 is 20.7 Å². The summed E-state index contributed by atoms with van der Waals surface area (Å²) in [6.45, 7) is 6.41. The molecule has 1 aliphatic rings. The summed E-state index contributed by atoms with van der Waals surface area (Å²) in [5, 5.41) is 32.6. The summed E-state index contributed by atoms with van der Waals surface area (Å²) in [4.78, 5) is 23.0. The standard InChI is InChI=1S/C21H31FN6O2.C2HF3O2/c1-13(2)9-18(21(29)30)17(20-24-26-27-25-20)10-14-3-4-15(19(22)11-14)12-28-7-5-16(23)6-8-28;3-2(4,5)1(6)7/h3-4,11,13,16-18H,5-10,12,23H2,1-2H3,(H,29,30)(H,24,25,26,27);(H,6,7)/t17-,18-;/m0./s1. The number of rotatable bonds is 9. The second-order valence-corrected chi connectivity index (χ2v) is 9.59. The normalized spacial score (nSPS) is 16.6. The molecule has 2 heterocycles. The van der Waals surface area contributed by atoms with E-state index < -0.39 is 30.0 Å². The Bertz CT molecular complexity index is 1010. The fourth-order valence-electron chi connectivity index (χ4n) is 4.17. The molecule has 0 spiro atoms. The molecule has 10 nitrogen and oxygen atoms in total. The minimum atomic E-state index is -5.19. The smallest absolute Gasteiger partial charge is 0.430 e. The van der Waals surface area contributed by atoms with Crippen molar-refractivity contribution in [3.63, 3.8) is 0 Å². The number of carboxylic acids is 2. The first kappa shape index (κ1) is 30.1. The molecule has 1 saturated heterocycles. The Kier molecular flexibility index (Phi) is 10.9. The number of hydrogen-bond acceptors (Lipinski definition) is 7. The quantitative estimate of drug-likeness (QED) is 0.402. The van der Waals surface area contributed by atoms with Gasteiger partial charge in [0, 0.05) is 44.0 Å². The zero-order valence-electron chi connectivity index (χ0n) is 20.7. The van der Waals surface area contributed by atoms with Gasteiger partial charge in [-0.15, -0.1) is 10.2 Å². The molecule has 5 N–H and O–H groups in total. The molecule has 37 heavy (non-hydrogen) atoms. The number of carbonyl (C=O) groups excluding carboxylic acids is 1. The number of aromatic amines is 1. The number of alkyl halides is 3. The van der Waals surface area contributed by atoms with Gasteiger partial charge in [-0.05, 0) is 30.4 Å². The Labute approximate surface area is 211 Å². The lowest BCUT2D eigenvalue weighted by Crippen LogP contribution is -2.64. The van der Waals surface area contributed by atoms with E-state index in [2.05, 4.69) is 31.3 Å². The van der Waals surface area contributed by atoms with Crippen LogP contribution in [0.4, 0.5) is 17.6 Å². The number of nitrogens with zero attached hydrogens (tertiary/aromatic N) is 4. The van der Waals surface area contributed by atoms with Gasteiger partial charge in [-0.2, -0.15) is 18.4 Å². The molecule has 206 valence electrons. The number of aliphatic carboxylic acids is 2. The number of aromatic nitrogens is 4. The van der Waals surface area contributed by atoms with Crippen LogP contribution < -0.4 is 10.8 Å². The molecule has 0 unspecified atom stereocenters. The largest absolute Gasteiger partial charge is 0.542 e. The maximum absolute atomic E-state index is 14.8. The van der Waals surface area contributed by atoms with Crippen molar-refractivity contribution in [1.82, 2.24) is 25.5 Å². The monoisotopic (exact) mass is 532 g/mol. The summed E-state index contributed by atoms with van der Waals surface area (Å²) in [7, 11) is 0. The molecule has 2 atom stereocenters. The molecule has 0 bridgehead atoms. The molecule has 1 aromatic carbocycles. The van der Waals surface area contributed by atoms with E-state index in [0.29, 0.717) is 36.8 Å². The number of carboxylic acid groups (broad SMARTS) is 2. The summed E-state index contributed by atoms with van der Waals surface area (Å²) >= 11 is 0. The predicted octanol–water partition coefficient (Wildman–Crippen LogP) is 0.917. The molecular weight excluding hydrogens is 500 g/mol. The zero-order valence-corrected chi connectivity index (χ0v) is 20.7. The van der Waals surface area contributed by atoms with E-state index in [1.165, 1.54) is 6.07 Å². The van der Waals surface area contributed by atoms with E-state index in [9.17, 15) is 27.5 Å². The van der Waals surface area contributed by atoms with Gasteiger partial charge in [0.2, 0.25) is 0 Å². The van der Waals surface area contributed by atoms with Crippen molar-refractivity contribution in [3.05, 3.63) is 41.0 Å². The zero-order chi connectivity index (χ0) is 27.8. The third kappa shape index (κ3) is 9.69. The van der Waals surface area contributed by atoms with Gasteiger partial charge in [-0.3, -0.25) is 9.69 Å². The number of carbonyl (C=O) groups is 2. The van der Waals surface area contributed by atoms with Crippen LogP contribution in [0.1, 0.15) is 56.0 Å². The summed E-state index contributed by atoms with van der Waals surface area (Å²) in [6, 6.07) is 5.70. The number of benzene rings is 1. The van der Waals surface area contributed by atoms with Crippen molar-refractivity contribution in [2.45, 2.75) is 64.2 Å². The maximum Gasteiger partial charge on any atom is 0.430 e. The van der Waals surface area contributed by atoms with Crippen molar-refractivity contribution < 1.29 is 43.1 Å². The molecular formula is C23H32F4N6O4.